The molecule has 1 atom stereocenters. The first-order valence-electron chi connectivity index (χ1n) is 8.95. The number of unbranched alkanes of at least 4 members (excludes halogenated alkanes) is 2. The van der Waals surface area contributed by atoms with Gasteiger partial charge in [0.05, 0.1) is 7.11 Å². The fourth-order valence-corrected chi connectivity index (χ4v) is 2.32. The number of allylic oxidation sites excluding steroid dienone is 2. The van der Waals surface area contributed by atoms with Crippen LogP contribution in [0.25, 0.3) is 0 Å². The van der Waals surface area contributed by atoms with Crippen LogP contribution in [0.1, 0.15) is 52.0 Å². The Kier molecular flexibility index (Phi) is 9.70. The Hall–Kier alpha value is -2.01. The molecule has 0 spiro atoms. The minimum absolute atomic E-state index is 0.0720. The number of benzene rings is 1. The average molecular weight is 348 g/mol. The maximum Gasteiger partial charge on any atom is 0.220 e. The van der Waals surface area contributed by atoms with Gasteiger partial charge in [-0.1, -0.05) is 32.1 Å². The normalized spacial score (nSPS) is 12.4. The fourth-order valence-electron chi connectivity index (χ4n) is 2.32. The average Bonchev–Trinajstić information content (AvgIpc) is 2.56. The SMILES string of the molecule is COc1cc(CNC(=O)CCCC/C=C/C(C)C)ccc1OC(C)N. The maximum atomic E-state index is 11.9. The number of carbonyl (C=O) groups excluding carboxylic acids is 1. The number of hydrogen-bond donors (Lipinski definition) is 2. The van der Waals surface area contributed by atoms with Gasteiger partial charge in [-0.2, -0.15) is 0 Å². The summed E-state index contributed by atoms with van der Waals surface area (Å²) in [5.74, 6) is 1.87. The van der Waals surface area contributed by atoms with E-state index in [9.17, 15) is 4.79 Å². The fraction of sp³-hybridized carbons (Fsp3) is 0.550. The monoisotopic (exact) mass is 348 g/mol. The van der Waals surface area contributed by atoms with Gasteiger partial charge in [0, 0.05) is 13.0 Å². The highest BCUT2D eigenvalue weighted by Gasteiger charge is 2.08. The molecule has 0 fully saturated rings. The van der Waals surface area contributed by atoms with Crippen molar-refractivity contribution in [3.05, 3.63) is 35.9 Å². The Balaban J connectivity index is 2.35. The molecule has 0 bridgehead atoms. The number of hydrogen-bond acceptors (Lipinski definition) is 4. The van der Waals surface area contributed by atoms with E-state index in [0.29, 0.717) is 30.4 Å². The molecule has 5 nitrogen and oxygen atoms in total. The molecular formula is C20H32N2O3. The lowest BCUT2D eigenvalue weighted by Gasteiger charge is -2.14. The van der Waals surface area contributed by atoms with Gasteiger partial charge in [0.15, 0.2) is 11.5 Å². The molecule has 0 aromatic heterocycles. The zero-order valence-corrected chi connectivity index (χ0v) is 15.9. The Bertz CT molecular complexity index is 554. The molecule has 1 amide bonds. The summed E-state index contributed by atoms with van der Waals surface area (Å²) in [4.78, 5) is 11.9. The molecule has 1 unspecified atom stereocenters. The number of methoxy groups -OCH3 is 1. The highest BCUT2D eigenvalue weighted by atomic mass is 16.5. The molecule has 5 heteroatoms. The molecule has 0 radical (unpaired) electrons. The van der Waals surface area contributed by atoms with Crippen LogP contribution >= 0.6 is 0 Å². The lowest BCUT2D eigenvalue weighted by atomic mass is 10.1. The van der Waals surface area contributed by atoms with Crippen molar-refractivity contribution in [2.24, 2.45) is 11.7 Å². The van der Waals surface area contributed by atoms with Gasteiger partial charge in [0.1, 0.15) is 6.23 Å². The number of ether oxygens (including phenoxy) is 2. The van der Waals surface area contributed by atoms with E-state index in [-0.39, 0.29) is 5.91 Å². The van der Waals surface area contributed by atoms with Gasteiger partial charge in [-0.15, -0.1) is 0 Å². The maximum absolute atomic E-state index is 11.9. The van der Waals surface area contributed by atoms with Gasteiger partial charge in [0.2, 0.25) is 5.91 Å². The summed E-state index contributed by atoms with van der Waals surface area (Å²) in [6, 6.07) is 5.57. The molecule has 0 heterocycles. The third-order valence-corrected chi connectivity index (χ3v) is 3.58. The van der Waals surface area contributed by atoms with Crippen LogP contribution in [0, 0.1) is 5.92 Å². The van der Waals surface area contributed by atoms with Crippen molar-refractivity contribution in [3.8, 4) is 11.5 Å². The minimum Gasteiger partial charge on any atom is -0.493 e. The molecule has 1 rings (SSSR count). The van der Waals surface area contributed by atoms with Crippen LogP contribution < -0.4 is 20.5 Å². The second kappa shape index (κ2) is 11.5. The lowest BCUT2D eigenvalue weighted by Crippen LogP contribution is -2.23. The second-order valence-electron chi connectivity index (χ2n) is 6.50. The second-order valence-corrected chi connectivity index (χ2v) is 6.50. The molecule has 1 aromatic rings. The summed E-state index contributed by atoms with van der Waals surface area (Å²) in [6.45, 7) is 6.55. The van der Waals surface area contributed by atoms with E-state index in [1.807, 2.05) is 18.2 Å². The number of nitrogens with two attached hydrogens (primary N) is 1. The largest absolute Gasteiger partial charge is 0.493 e. The van der Waals surface area contributed by atoms with Crippen LogP contribution in [-0.2, 0) is 11.3 Å². The summed E-state index contributed by atoms with van der Waals surface area (Å²) >= 11 is 0. The lowest BCUT2D eigenvalue weighted by molar-refractivity contribution is -0.121. The highest BCUT2D eigenvalue weighted by Crippen LogP contribution is 2.28. The molecule has 0 aliphatic heterocycles. The van der Waals surface area contributed by atoms with E-state index >= 15 is 0 Å². The van der Waals surface area contributed by atoms with Gasteiger partial charge in [0.25, 0.3) is 0 Å². The van der Waals surface area contributed by atoms with Crippen molar-refractivity contribution >= 4 is 5.91 Å². The first-order chi connectivity index (χ1) is 11.9. The zero-order chi connectivity index (χ0) is 18.7. The van der Waals surface area contributed by atoms with Crippen LogP contribution in [0.5, 0.6) is 11.5 Å². The predicted molar refractivity (Wildman–Crippen MR) is 102 cm³/mol. The standard InChI is InChI=1S/C20H32N2O3/c1-15(2)9-7-5-6-8-10-20(23)22-14-17-11-12-18(25-16(3)21)19(13-17)24-4/h7,9,11-13,15-16H,5-6,8,10,14,21H2,1-4H3,(H,22,23)/b9-7+. The van der Waals surface area contributed by atoms with Gasteiger partial charge in [-0.25, -0.2) is 0 Å². The molecule has 25 heavy (non-hydrogen) atoms. The van der Waals surface area contributed by atoms with Crippen molar-refractivity contribution in [3.63, 3.8) is 0 Å². The molecule has 0 saturated heterocycles. The number of rotatable bonds is 11. The van der Waals surface area contributed by atoms with E-state index in [2.05, 4.69) is 31.3 Å². The Morgan fingerprint density at radius 3 is 2.64 bits per heavy atom. The first kappa shape index (κ1) is 21.0. The van der Waals surface area contributed by atoms with Crippen LogP contribution in [0.15, 0.2) is 30.4 Å². The van der Waals surface area contributed by atoms with Crippen LogP contribution in [-0.4, -0.2) is 19.2 Å². The first-order valence-corrected chi connectivity index (χ1v) is 8.95. The van der Waals surface area contributed by atoms with Gasteiger partial charge in [-0.05, 0) is 49.8 Å². The molecular weight excluding hydrogens is 316 g/mol. The van der Waals surface area contributed by atoms with E-state index in [1.54, 1.807) is 14.0 Å². The molecule has 0 aliphatic rings. The van der Waals surface area contributed by atoms with Crippen LogP contribution in [0.3, 0.4) is 0 Å². The quantitative estimate of drug-likeness (QED) is 0.363. The van der Waals surface area contributed by atoms with Crippen molar-refractivity contribution in [2.75, 3.05) is 7.11 Å². The topological polar surface area (TPSA) is 73.6 Å². The third-order valence-electron chi connectivity index (χ3n) is 3.58. The van der Waals surface area contributed by atoms with Crippen molar-refractivity contribution in [1.82, 2.24) is 5.32 Å². The van der Waals surface area contributed by atoms with Gasteiger partial charge >= 0.3 is 0 Å². The summed E-state index contributed by atoms with van der Waals surface area (Å²) in [7, 11) is 1.58. The molecule has 3 N–H and O–H groups in total. The van der Waals surface area contributed by atoms with E-state index < -0.39 is 6.23 Å². The van der Waals surface area contributed by atoms with E-state index in [4.69, 9.17) is 15.2 Å². The smallest absolute Gasteiger partial charge is 0.220 e. The van der Waals surface area contributed by atoms with Gasteiger partial charge < -0.3 is 14.8 Å². The van der Waals surface area contributed by atoms with E-state index in [0.717, 1.165) is 24.8 Å². The molecule has 1 aromatic carbocycles. The molecule has 0 saturated carbocycles. The predicted octanol–water partition coefficient (Wildman–Crippen LogP) is 3.77. The van der Waals surface area contributed by atoms with Gasteiger partial charge in [-0.3, -0.25) is 10.5 Å². The van der Waals surface area contributed by atoms with Crippen LogP contribution in [0.4, 0.5) is 0 Å². The Labute approximate surface area is 151 Å². The Morgan fingerprint density at radius 1 is 1.24 bits per heavy atom. The third kappa shape index (κ3) is 9.15. The molecule has 0 aliphatic carbocycles. The summed E-state index contributed by atoms with van der Waals surface area (Å²) in [6.07, 6.45) is 7.51. The van der Waals surface area contributed by atoms with Crippen LogP contribution in [0.2, 0.25) is 0 Å². The number of amides is 1. The Morgan fingerprint density at radius 2 is 2.00 bits per heavy atom. The highest BCUT2D eigenvalue weighted by molar-refractivity contribution is 5.75. The summed E-state index contributed by atoms with van der Waals surface area (Å²) < 4.78 is 10.8. The van der Waals surface area contributed by atoms with E-state index in [1.165, 1.54) is 0 Å². The molecule has 140 valence electrons. The van der Waals surface area contributed by atoms with Crippen molar-refractivity contribution in [2.45, 2.75) is 59.2 Å². The summed E-state index contributed by atoms with van der Waals surface area (Å²) in [5.41, 5.74) is 6.60. The zero-order valence-electron chi connectivity index (χ0n) is 15.9. The van der Waals surface area contributed by atoms with Crippen molar-refractivity contribution in [1.29, 1.82) is 0 Å². The number of carbonyl (C=O) groups is 1. The summed E-state index contributed by atoms with van der Waals surface area (Å²) in [5, 5.41) is 2.94. The number of nitrogens with one attached hydrogen (secondary N) is 1. The van der Waals surface area contributed by atoms with Crippen molar-refractivity contribution < 1.29 is 14.3 Å². The minimum atomic E-state index is -0.408.